The van der Waals surface area contributed by atoms with Crippen LogP contribution in [0.3, 0.4) is 0 Å². The van der Waals surface area contributed by atoms with Gasteiger partial charge in [0.2, 0.25) is 0 Å². The Labute approximate surface area is 148 Å². The number of hydrogen-bond acceptors (Lipinski definition) is 3. The third-order valence-electron chi connectivity index (χ3n) is 4.02. The van der Waals surface area contributed by atoms with Crippen LogP contribution in [0.25, 0.3) is 5.69 Å². The van der Waals surface area contributed by atoms with E-state index in [1.165, 1.54) is 9.58 Å². The van der Waals surface area contributed by atoms with Gasteiger partial charge in [0.25, 0.3) is 5.91 Å². The highest BCUT2D eigenvalue weighted by atomic mass is 35.5. The van der Waals surface area contributed by atoms with Crippen LogP contribution in [0.5, 0.6) is 0 Å². The van der Waals surface area contributed by atoms with Crippen molar-refractivity contribution in [3.8, 4) is 5.69 Å². The highest BCUT2D eigenvalue weighted by Crippen LogP contribution is 2.25. The van der Waals surface area contributed by atoms with Crippen molar-refractivity contribution in [2.45, 2.75) is 25.3 Å². The largest absolute Gasteiger partial charge is 0.480 e. The number of piperidine rings is 1. The molecule has 1 aromatic heterocycles. The van der Waals surface area contributed by atoms with Crippen molar-refractivity contribution in [2.75, 3.05) is 6.54 Å². The first-order valence-corrected chi connectivity index (χ1v) is 8.28. The molecular formula is C16H15Cl2N3O3. The molecule has 0 bridgehead atoms. The highest BCUT2D eigenvalue weighted by Gasteiger charge is 2.33. The second-order valence-corrected chi connectivity index (χ2v) is 6.41. The molecule has 1 aliphatic heterocycles. The Morgan fingerprint density at radius 1 is 1.17 bits per heavy atom. The van der Waals surface area contributed by atoms with Gasteiger partial charge in [-0.2, -0.15) is 5.10 Å². The van der Waals surface area contributed by atoms with Crippen molar-refractivity contribution >= 4 is 35.1 Å². The number of benzene rings is 1. The average molecular weight is 368 g/mol. The van der Waals surface area contributed by atoms with Crippen LogP contribution in [0, 0.1) is 0 Å². The fourth-order valence-corrected chi connectivity index (χ4v) is 3.08. The lowest BCUT2D eigenvalue weighted by Gasteiger charge is -2.32. The van der Waals surface area contributed by atoms with Crippen molar-refractivity contribution in [1.82, 2.24) is 14.7 Å². The van der Waals surface area contributed by atoms with Crippen LogP contribution in [-0.2, 0) is 4.79 Å². The fourth-order valence-electron chi connectivity index (χ4n) is 2.79. The number of carbonyl (C=O) groups excluding carboxylic acids is 1. The predicted octanol–water partition coefficient (Wildman–Crippen LogP) is 3.26. The van der Waals surface area contributed by atoms with Gasteiger partial charge in [-0.25, -0.2) is 9.48 Å². The summed E-state index contributed by atoms with van der Waals surface area (Å²) in [6.45, 7) is 0.426. The summed E-state index contributed by atoms with van der Waals surface area (Å²) in [7, 11) is 0. The van der Waals surface area contributed by atoms with E-state index in [1.807, 2.05) is 0 Å². The zero-order valence-electron chi connectivity index (χ0n) is 12.7. The van der Waals surface area contributed by atoms with Gasteiger partial charge in [-0.1, -0.05) is 23.2 Å². The summed E-state index contributed by atoms with van der Waals surface area (Å²) in [5.74, 6) is -1.35. The summed E-state index contributed by atoms with van der Waals surface area (Å²) in [6.07, 6.45) is 3.70. The van der Waals surface area contributed by atoms with E-state index in [-0.39, 0.29) is 11.6 Å². The van der Waals surface area contributed by atoms with Gasteiger partial charge in [0.1, 0.15) is 6.04 Å². The smallest absolute Gasteiger partial charge is 0.326 e. The maximum Gasteiger partial charge on any atom is 0.326 e. The summed E-state index contributed by atoms with van der Waals surface area (Å²) in [4.78, 5) is 25.4. The Bertz CT molecular complexity index is 791. The number of carboxylic acid groups (broad SMARTS) is 1. The van der Waals surface area contributed by atoms with Crippen LogP contribution in [0.1, 0.15) is 29.8 Å². The molecule has 1 aliphatic rings. The first-order valence-electron chi connectivity index (χ1n) is 7.52. The number of rotatable bonds is 3. The number of carbonyl (C=O) groups is 2. The Morgan fingerprint density at radius 2 is 1.96 bits per heavy atom. The molecule has 1 fully saturated rings. The van der Waals surface area contributed by atoms with Crippen molar-refractivity contribution in [3.05, 3.63) is 46.2 Å². The monoisotopic (exact) mass is 367 g/mol. The topological polar surface area (TPSA) is 75.4 Å². The van der Waals surface area contributed by atoms with Crippen molar-refractivity contribution < 1.29 is 14.7 Å². The molecule has 1 aromatic carbocycles. The van der Waals surface area contributed by atoms with Gasteiger partial charge in [0.15, 0.2) is 5.69 Å². The number of aromatic nitrogens is 2. The molecule has 126 valence electrons. The summed E-state index contributed by atoms with van der Waals surface area (Å²) in [5, 5.41) is 14.4. The van der Waals surface area contributed by atoms with Gasteiger partial charge >= 0.3 is 5.97 Å². The molecule has 1 amide bonds. The third-order valence-corrected chi connectivity index (χ3v) is 4.76. The molecule has 8 heteroatoms. The van der Waals surface area contributed by atoms with Gasteiger partial charge in [0, 0.05) is 12.7 Å². The van der Waals surface area contributed by atoms with Crippen LogP contribution in [0.4, 0.5) is 0 Å². The number of likely N-dealkylation sites (tertiary alicyclic amines) is 1. The lowest BCUT2D eigenvalue weighted by molar-refractivity contribution is -0.143. The van der Waals surface area contributed by atoms with Crippen LogP contribution >= 0.6 is 23.2 Å². The predicted molar refractivity (Wildman–Crippen MR) is 89.9 cm³/mol. The molecule has 24 heavy (non-hydrogen) atoms. The molecule has 0 aliphatic carbocycles. The van der Waals surface area contributed by atoms with E-state index in [0.29, 0.717) is 28.7 Å². The number of nitrogens with zero attached hydrogens (tertiary/aromatic N) is 3. The van der Waals surface area contributed by atoms with E-state index in [4.69, 9.17) is 23.2 Å². The molecule has 0 saturated carbocycles. The summed E-state index contributed by atoms with van der Waals surface area (Å²) >= 11 is 11.9. The second kappa shape index (κ2) is 6.83. The minimum Gasteiger partial charge on any atom is -0.480 e. The van der Waals surface area contributed by atoms with Crippen LogP contribution in [0.15, 0.2) is 30.5 Å². The van der Waals surface area contributed by atoms with E-state index < -0.39 is 12.0 Å². The maximum atomic E-state index is 12.6. The average Bonchev–Trinajstić information content (AvgIpc) is 3.06. The molecule has 6 nitrogen and oxygen atoms in total. The molecule has 1 atom stereocenters. The number of hydrogen-bond donors (Lipinski definition) is 1. The fraction of sp³-hybridized carbons (Fsp3) is 0.312. The van der Waals surface area contributed by atoms with Crippen molar-refractivity contribution in [1.29, 1.82) is 0 Å². The molecule has 2 aromatic rings. The van der Waals surface area contributed by atoms with Crippen molar-refractivity contribution in [2.24, 2.45) is 0 Å². The standard InChI is InChI=1S/C16H15Cl2N3O3/c17-11-5-4-10(9-12(11)18)21-8-6-13(19-21)15(22)20-7-2-1-3-14(20)16(23)24/h4-6,8-9,14H,1-3,7H2,(H,23,24). The lowest BCUT2D eigenvalue weighted by Crippen LogP contribution is -2.48. The van der Waals surface area contributed by atoms with Gasteiger partial charge in [-0.3, -0.25) is 4.79 Å². The molecule has 1 N–H and O–H groups in total. The Balaban J connectivity index is 1.85. The van der Waals surface area contributed by atoms with Gasteiger partial charge < -0.3 is 10.0 Å². The molecule has 0 radical (unpaired) electrons. The lowest BCUT2D eigenvalue weighted by atomic mass is 10.0. The number of carboxylic acids is 1. The molecular weight excluding hydrogens is 353 g/mol. The molecule has 2 heterocycles. The normalized spacial score (nSPS) is 17.8. The number of amides is 1. The molecule has 0 spiro atoms. The Morgan fingerprint density at radius 3 is 2.67 bits per heavy atom. The minimum atomic E-state index is -0.980. The van der Waals surface area contributed by atoms with E-state index in [9.17, 15) is 14.7 Å². The summed E-state index contributed by atoms with van der Waals surface area (Å²) < 4.78 is 1.51. The van der Waals surface area contributed by atoms with Gasteiger partial charge in [-0.15, -0.1) is 0 Å². The van der Waals surface area contributed by atoms with E-state index in [2.05, 4.69) is 5.10 Å². The van der Waals surface area contributed by atoms with Crippen LogP contribution in [0.2, 0.25) is 10.0 Å². The highest BCUT2D eigenvalue weighted by molar-refractivity contribution is 6.42. The molecule has 1 unspecified atom stereocenters. The second-order valence-electron chi connectivity index (χ2n) is 5.59. The van der Waals surface area contributed by atoms with Crippen LogP contribution < -0.4 is 0 Å². The summed E-state index contributed by atoms with van der Waals surface area (Å²) in [5.41, 5.74) is 0.867. The Kier molecular flexibility index (Phi) is 4.78. The van der Waals surface area contributed by atoms with E-state index in [1.54, 1.807) is 30.5 Å². The zero-order valence-corrected chi connectivity index (χ0v) is 14.2. The van der Waals surface area contributed by atoms with E-state index in [0.717, 1.165) is 12.8 Å². The molecule has 1 saturated heterocycles. The first kappa shape index (κ1) is 16.8. The zero-order chi connectivity index (χ0) is 17.3. The molecule has 3 rings (SSSR count). The Hall–Kier alpha value is -2.05. The van der Waals surface area contributed by atoms with Crippen LogP contribution in [-0.4, -0.2) is 44.3 Å². The summed E-state index contributed by atoms with van der Waals surface area (Å²) in [6, 6.07) is 5.80. The maximum absolute atomic E-state index is 12.6. The first-order chi connectivity index (χ1) is 11.5. The quantitative estimate of drug-likeness (QED) is 0.903. The SMILES string of the molecule is O=C(O)C1CCCCN1C(=O)c1ccn(-c2ccc(Cl)c(Cl)c2)n1. The van der Waals surface area contributed by atoms with Crippen molar-refractivity contribution in [3.63, 3.8) is 0 Å². The van der Waals surface area contributed by atoms with Gasteiger partial charge in [0.05, 0.1) is 15.7 Å². The van der Waals surface area contributed by atoms with Gasteiger partial charge in [-0.05, 0) is 43.5 Å². The number of aliphatic carboxylic acids is 1. The van der Waals surface area contributed by atoms with E-state index >= 15 is 0 Å². The minimum absolute atomic E-state index is 0.203. The number of halogens is 2. The third kappa shape index (κ3) is 3.25.